The number of aliphatic hydroxyl groups excluding tert-OH is 1. The molecule has 1 saturated carbocycles. The van der Waals surface area contributed by atoms with E-state index < -0.39 is 11.9 Å². The highest BCUT2D eigenvalue weighted by Gasteiger charge is 2.39. The standard InChI is InChI=1S/C22H21FN2O2/c23-19-8-4-3-7-17(19)21(26)13-24-22(27)25-20-12-18(20)16-10-9-14-5-1-2-6-15(14)11-16/h1-11,18,20-21,26H,12-13H2,(H2,24,25,27)/t18-,20+,21?/m0/s1. The summed E-state index contributed by atoms with van der Waals surface area (Å²) in [5, 5.41) is 18.0. The Morgan fingerprint density at radius 1 is 1.07 bits per heavy atom. The second-order valence-electron chi connectivity index (χ2n) is 6.95. The lowest BCUT2D eigenvalue weighted by molar-refractivity contribution is 0.169. The van der Waals surface area contributed by atoms with E-state index in [-0.39, 0.29) is 24.2 Å². The van der Waals surface area contributed by atoms with Gasteiger partial charge >= 0.3 is 6.03 Å². The molecule has 0 aliphatic heterocycles. The van der Waals surface area contributed by atoms with E-state index in [9.17, 15) is 14.3 Å². The van der Waals surface area contributed by atoms with Crippen LogP contribution in [0.5, 0.6) is 0 Å². The maximum absolute atomic E-state index is 13.6. The van der Waals surface area contributed by atoms with E-state index >= 15 is 0 Å². The second kappa shape index (κ2) is 7.37. The van der Waals surface area contributed by atoms with Gasteiger partial charge in [0, 0.05) is 24.1 Å². The number of fused-ring (bicyclic) bond motifs is 1. The molecule has 138 valence electrons. The highest BCUT2D eigenvalue weighted by molar-refractivity contribution is 5.83. The third-order valence-electron chi connectivity index (χ3n) is 5.03. The molecule has 0 saturated heterocycles. The maximum atomic E-state index is 13.6. The van der Waals surface area contributed by atoms with Crippen LogP contribution in [0, 0.1) is 5.82 Å². The van der Waals surface area contributed by atoms with Crippen molar-refractivity contribution in [3.63, 3.8) is 0 Å². The van der Waals surface area contributed by atoms with Gasteiger partial charge in [-0.1, -0.05) is 60.7 Å². The molecule has 4 rings (SSSR count). The van der Waals surface area contributed by atoms with E-state index in [0.717, 1.165) is 6.42 Å². The molecule has 4 nitrogen and oxygen atoms in total. The molecule has 3 aromatic rings. The van der Waals surface area contributed by atoms with Crippen LogP contribution >= 0.6 is 0 Å². The molecule has 2 amide bonds. The highest BCUT2D eigenvalue weighted by Crippen LogP contribution is 2.41. The molecule has 0 heterocycles. The summed E-state index contributed by atoms with van der Waals surface area (Å²) in [5.74, 6) is -0.178. The van der Waals surface area contributed by atoms with Crippen LogP contribution in [0.1, 0.15) is 29.6 Å². The van der Waals surface area contributed by atoms with Crippen LogP contribution in [0.2, 0.25) is 0 Å². The van der Waals surface area contributed by atoms with E-state index in [0.29, 0.717) is 5.92 Å². The molecule has 1 aliphatic rings. The lowest BCUT2D eigenvalue weighted by atomic mass is 10.0. The minimum absolute atomic E-state index is 0.0415. The first kappa shape index (κ1) is 17.5. The van der Waals surface area contributed by atoms with E-state index in [1.807, 2.05) is 12.1 Å². The van der Waals surface area contributed by atoms with Gasteiger partial charge in [-0.3, -0.25) is 0 Å². The van der Waals surface area contributed by atoms with E-state index in [2.05, 4.69) is 41.0 Å². The first-order chi connectivity index (χ1) is 13.1. The van der Waals surface area contributed by atoms with Crippen LogP contribution in [0.15, 0.2) is 66.7 Å². The van der Waals surface area contributed by atoms with Gasteiger partial charge in [-0.15, -0.1) is 0 Å². The molecule has 3 atom stereocenters. The van der Waals surface area contributed by atoms with Crippen molar-refractivity contribution < 1.29 is 14.3 Å². The molecule has 0 bridgehead atoms. The number of carbonyl (C=O) groups excluding carboxylic acids is 1. The van der Waals surface area contributed by atoms with Crippen molar-refractivity contribution in [3.05, 3.63) is 83.7 Å². The summed E-state index contributed by atoms with van der Waals surface area (Å²) < 4.78 is 13.6. The summed E-state index contributed by atoms with van der Waals surface area (Å²) in [4.78, 5) is 12.1. The van der Waals surface area contributed by atoms with Gasteiger partial charge in [0.25, 0.3) is 0 Å². The number of carbonyl (C=O) groups is 1. The lowest BCUT2D eigenvalue weighted by Crippen LogP contribution is -2.39. The zero-order valence-electron chi connectivity index (χ0n) is 14.7. The summed E-state index contributed by atoms with van der Waals surface area (Å²) in [5.41, 5.74) is 1.39. The summed E-state index contributed by atoms with van der Waals surface area (Å²) >= 11 is 0. The van der Waals surface area contributed by atoms with Crippen molar-refractivity contribution in [2.75, 3.05) is 6.54 Å². The molecule has 5 heteroatoms. The molecule has 27 heavy (non-hydrogen) atoms. The Bertz CT molecular complexity index is 975. The maximum Gasteiger partial charge on any atom is 0.315 e. The predicted octanol–water partition coefficient (Wildman–Crippen LogP) is 3.87. The smallest absolute Gasteiger partial charge is 0.315 e. The average Bonchev–Trinajstić information content (AvgIpc) is 3.45. The molecule has 1 aliphatic carbocycles. The minimum atomic E-state index is -1.08. The Kier molecular flexibility index (Phi) is 4.77. The van der Waals surface area contributed by atoms with Gasteiger partial charge in [-0.05, 0) is 28.8 Å². The first-order valence-corrected chi connectivity index (χ1v) is 9.07. The Morgan fingerprint density at radius 2 is 1.81 bits per heavy atom. The zero-order chi connectivity index (χ0) is 18.8. The topological polar surface area (TPSA) is 61.4 Å². The summed E-state index contributed by atoms with van der Waals surface area (Å²) in [6, 6.07) is 20.3. The van der Waals surface area contributed by atoms with Gasteiger partial charge in [0.2, 0.25) is 0 Å². The summed E-state index contributed by atoms with van der Waals surface area (Å²) in [6.07, 6.45) is -0.186. The fourth-order valence-corrected chi connectivity index (χ4v) is 3.43. The third kappa shape index (κ3) is 3.93. The van der Waals surface area contributed by atoms with Crippen molar-refractivity contribution >= 4 is 16.8 Å². The number of amides is 2. The third-order valence-corrected chi connectivity index (χ3v) is 5.03. The van der Waals surface area contributed by atoms with Crippen LogP contribution < -0.4 is 10.6 Å². The van der Waals surface area contributed by atoms with E-state index in [4.69, 9.17) is 0 Å². The van der Waals surface area contributed by atoms with Gasteiger partial charge in [-0.25, -0.2) is 9.18 Å². The van der Waals surface area contributed by atoms with Gasteiger partial charge in [0.15, 0.2) is 0 Å². The largest absolute Gasteiger partial charge is 0.386 e. The molecule has 0 spiro atoms. The first-order valence-electron chi connectivity index (χ1n) is 9.07. The quantitative estimate of drug-likeness (QED) is 0.644. The van der Waals surface area contributed by atoms with Crippen molar-refractivity contribution in [2.45, 2.75) is 24.5 Å². The molecule has 3 aromatic carbocycles. The van der Waals surface area contributed by atoms with Gasteiger partial charge in [0.1, 0.15) is 5.82 Å². The molecular formula is C22H21FN2O2. The Labute approximate surface area is 157 Å². The minimum Gasteiger partial charge on any atom is -0.386 e. The van der Waals surface area contributed by atoms with Crippen LogP contribution in [-0.2, 0) is 0 Å². The van der Waals surface area contributed by atoms with Crippen LogP contribution in [0.25, 0.3) is 10.8 Å². The van der Waals surface area contributed by atoms with Crippen LogP contribution in [-0.4, -0.2) is 23.7 Å². The fraction of sp³-hybridized carbons (Fsp3) is 0.227. The average molecular weight is 364 g/mol. The van der Waals surface area contributed by atoms with Crippen LogP contribution in [0.3, 0.4) is 0 Å². The lowest BCUT2D eigenvalue weighted by Gasteiger charge is -2.13. The number of benzene rings is 3. The molecule has 1 fully saturated rings. The number of hydrogen-bond acceptors (Lipinski definition) is 2. The van der Waals surface area contributed by atoms with Crippen molar-refractivity contribution in [2.24, 2.45) is 0 Å². The molecule has 0 aromatic heterocycles. The van der Waals surface area contributed by atoms with Gasteiger partial charge < -0.3 is 15.7 Å². The monoisotopic (exact) mass is 364 g/mol. The van der Waals surface area contributed by atoms with Crippen molar-refractivity contribution in [1.29, 1.82) is 0 Å². The molecule has 1 unspecified atom stereocenters. The number of urea groups is 1. The zero-order valence-corrected chi connectivity index (χ0v) is 14.7. The highest BCUT2D eigenvalue weighted by atomic mass is 19.1. The number of nitrogens with one attached hydrogen (secondary N) is 2. The summed E-state index contributed by atoms with van der Waals surface area (Å²) in [7, 11) is 0. The van der Waals surface area contributed by atoms with E-state index in [1.165, 1.54) is 28.5 Å². The number of hydrogen-bond donors (Lipinski definition) is 3. The second-order valence-corrected chi connectivity index (χ2v) is 6.95. The number of halogens is 1. The Hall–Kier alpha value is -2.92. The Balaban J connectivity index is 1.30. The predicted molar refractivity (Wildman–Crippen MR) is 103 cm³/mol. The Morgan fingerprint density at radius 3 is 2.63 bits per heavy atom. The summed E-state index contributed by atoms with van der Waals surface area (Å²) in [6.45, 7) is -0.0415. The number of rotatable bonds is 5. The van der Waals surface area contributed by atoms with Crippen molar-refractivity contribution in [3.8, 4) is 0 Å². The SMILES string of the molecule is O=C(NCC(O)c1ccccc1F)N[C@@H]1C[C@H]1c1ccc2ccccc2c1. The van der Waals surface area contributed by atoms with Gasteiger partial charge in [0.05, 0.1) is 6.10 Å². The van der Waals surface area contributed by atoms with Gasteiger partial charge in [-0.2, -0.15) is 0 Å². The number of aliphatic hydroxyl groups is 1. The van der Waals surface area contributed by atoms with Crippen LogP contribution in [0.4, 0.5) is 9.18 Å². The van der Waals surface area contributed by atoms with Crippen molar-refractivity contribution in [1.82, 2.24) is 10.6 Å². The molecule has 3 N–H and O–H groups in total. The molecule has 0 radical (unpaired) electrons. The molecular weight excluding hydrogens is 343 g/mol. The normalized spacial score (nSPS) is 19.5. The van der Waals surface area contributed by atoms with E-state index in [1.54, 1.807) is 12.1 Å². The fourth-order valence-electron chi connectivity index (χ4n) is 3.43.